The Morgan fingerprint density at radius 1 is 1.10 bits per heavy atom. The van der Waals surface area contributed by atoms with E-state index in [4.69, 9.17) is 4.98 Å². The van der Waals surface area contributed by atoms with E-state index < -0.39 is 0 Å². The summed E-state index contributed by atoms with van der Waals surface area (Å²) < 4.78 is 13.4. The SMILES string of the molecule is O=C(Nc1cccc(F)c1)[C@@H]1CCc2nc(N3CCN(C(=O)C4CCC4)CC3)sc2C1. The van der Waals surface area contributed by atoms with Gasteiger partial charge in [-0.15, -0.1) is 11.3 Å². The summed E-state index contributed by atoms with van der Waals surface area (Å²) in [5.41, 5.74) is 1.60. The molecular weight excluding hydrogens is 415 g/mol. The fraction of sp³-hybridized carbons (Fsp3) is 0.522. The van der Waals surface area contributed by atoms with E-state index in [0.717, 1.165) is 62.7 Å². The average Bonchev–Trinajstić information content (AvgIpc) is 3.16. The van der Waals surface area contributed by atoms with E-state index in [0.29, 0.717) is 18.0 Å². The summed E-state index contributed by atoms with van der Waals surface area (Å²) in [5.74, 6) is 0.0475. The molecule has 0 bridgehead atoms. The van der Waals surface area contributed by atoms with Crippen LogP contribution in [0.4, 0.5) is 15.2 Å². The molecule has 8 heteroatoms. The van der Waals surface area contributed by atoms with Gasteiger partial charge in [0.1, 0.15) is 5.82 Å². The van der Waals surface area contributed by atoms with Crippen LogP contribution in [0, 0.1) is 17.7 Å². The Labute approximate surface area is 185 Å². The molecule has 3 aliphatic rings. The number of halogens is 1. The Balaban J connectivity index is 1.18. The lowest BCUT2D eigenvalue weighted by Crippen LogP contribution is -2.51. The zero-order valence-electron chi connectivity index (χ0n) is 17.5. The molecular formula is C23H27FN4O2S. The van der Waals surface area contributed by atoms with Gasteiger partial charge in [-0.3, -0.25) is 9.59 Å². The Morgan fingerprint density at radius 2 is 1.90 bits per heavy atom. The minimum Gasteiger partial charge on any atom is -0.345 e. The van der Waals surface area contributed by atoms with Gasteiger partial charge >= 0.3 is 0 Å². The number of piperazine rings is 1. The average molecular weight is 443 g/mol. The molecule has 1 aliphatic heterocycles. The molecule has 2 fully saturated rings. The monoisotopic (exact) mass is 442 g/mol. The summed E-state index contributed by atoms with van der Waals surface area (Å²) in [6.07, 6.45) is 5.49. The van der Waals surface area contributed by atoms with Gasteiger partial charge in [0.05, 0.1) is 5.69 Å². The number of fused-ring (bicyclic) bond motifs is 1. The molecule has 1 aromatic heterocycles. The maximum absolute atomic E-state index is 13.4. The number of hydrogen-bond donors (Lipinski definition) is 1. The molecule has 1 aromatic carbocycles. The molecule has 0 unspecified atom stereocenters. The van der Waals surface area contributed by atoms with Crippen molar-refractivity contribution in [2.75, 3.05) is 36.4 Å². The highest BCUT2D eigenvalue weighted by molar-refractivity contribution is 7.15. The molecule has 1 saturated heterocycles. The van der Waals surface area contributed by atoms with Gasteiger partial charge in [0.15, 0.2) is 5.13 Å². The summed E-state index contributed by atoms with van der Waals surface area (Å²) in [6.45, 7) is 3.15. The number of amides is 2. The van der Waals surface area contributed by atoms with Crippen LogP contribution >= 0.6 is 11.3 Å². The predicted molar refractivity (Wildman–Crippen MR) is 119 cm³/mol. The summed E-state index contributed by atoms with van der Waals surface area (Å²) in [6, 6.07) is 6.01. The topological polar surface area (TPSA) is 65.5 Å². The molecule has 2 amide bonds. The van der Waals surface area contributed by atoms with E-state index in [9.17, 15) is 14.0 Å². The van der Waals surface area contributed by atoms with Gasteiger partial charge in [-0.25, -0.2) is 9.37 Å². The number of thiazole rings is 1. The van der Waals surface area contributed by atoms with Crippen LogP contribution in [0.2, 0.25) is 0 Å². The Hall–Kier alpha value is -2.48. The fourth-order valence-corrected chi connectivity index (χ4v) is 5.80. The number of rotatable bonds is 4. The van der Waals surface area contributed by atoms with Crippen LogP contribution in [0.15, 0.2) is 24.3 Å². The number of carbonyl (C=O) groups is 2. The number of aryl methyl sites for hydroxylation is 1. The molecule has 6 nitrogen and oxygen atoms in total. The molecule has 164 valence electrons. The largest absolute Gasteiger partial charge is 0.345 e. The van der Waals surface area contributed by atoms with Crippen molar-refractivity contribution in [2.24, 2.45) is 11.8 Å². The Morgan fingerprint density at radius 3 is 2.61 bits per heavy atom. The number of anilines is 2. The van der Waals surface area contributed by atoms with Crippen molar-refractivity contribution in [1.29, 1.82) is 0 Å². The van der Waals surface area contributed by atoms with Gasteiger partial charge < -0.3 is 15.1 Å². The first-order chi connectivity index (χ1) is 15.1. The highest BCUT2D eigenvalue weighted by Crippen LogP contribution is 2.35. The first-order valence-corrected chi connectivity index (χ1v) is 12.0. The normalized spacial score (nSPS) is 21.4. The highest BCUT2D eigenvalue weighted by atomic mass is 32.1. The van der Waals surface area contributed by atoms with Crippen LogP contribution in [0.1, 0.15) is 36.3 Å². The molecule has 5 rings (SSSR count). The molecule has 2 aromatic rings. The van der Waals surface area contributed by atoms with Crippen LogP contribution in [0.25, 0.3) is 0 Å². The Kier molecular flexibility index (Phi) is 5.65. The van der Waals surface area contributed by atoms with Gasteiger partial charge in [-0.2, -0.15) is 0 Å². The van der Waals surface area contributed by atoms with Crippen molar-refractivity contribution < 1.29 is 14.0 Å². The van der Waals surface area contributed by atoms with E-state index in [1.54, 1.807) is 23.5 Å². The second-order valence-corrected chi connectivity index (χ2v) is 9.81. The minimum atomic E-state index is -0.356. The van der Waals surface area contributed by atoms with Gasteiger partial charge in [0, 0.05) is 48.6 Å². The predicted octanol–water partition coefficient (Wildman–Crippen LogP) is 3.47. The molecule has 31 heavy (non-hydrogen) atoms. The lowest BCUT2D eigenvalue weighted by Gasteiger charge is -2.38. The third kappa shape index (κ3) is 4.31. The number of nitrogens with zero attached hydrogens (tertiary/aromatic N) is 3. The summed E-state index contributed by atoms with van der Waals surface area (Å²) in [7, 11) is 0. The lowest BCUT2D eigenvalue weighted by atomic mass is 9.84. The highest BCUT2D eigenvalue weighted by Gasteiger charge is 2.33. The molecule has 0 spiro atoms. The van der Waals surface area contributed by atoms with Crippen molar-refractivity contribution in [3.05, 3.63) is 40.7 Å². The van der Waals surface area contributed by atoms with Crippen molar-refractivity contribution >= 4 is 34.0 Å². The lowest BCUT2D eigenvalue weighted by molar-refractivity contribution is -0.138. The van der Waals surface area contributed by atoms with Gasteiger partial charge in [-0.05, 0) is 50.3 Å². The van der Waals surface area contributed by atoms with E-state index in [1.807, 2.05) is 4.90 Å². The molecule has 1 atom stereocenters. The fourth-order valence-electron chi connectivity index (χ4n) is 4.56. The maximum Gasteiger partial charge on any atom is 0.227 e. The second-order valence-electron chi connectivity index (χ2n) is 8.75. The van der Waals surface area contributed by atoms with Crippen molar-refractivity contribution in [3.63, 3.8) is 0 Å². The molecule has 2 aliphatic carbocycles. The third-order valence-electron chi connectivity index (χ3n) is 6.71. The molecule has 2 heterocycles. The summed E-state index contributed by atoms with van der Waals surface area (Å²) in [4.78, 5) is 35.5. The number of benzene rings is 1. The zero-order chi connectivity index (χ0) is 21.4. The molecule has 1 saturated carbocycles. The molecule has 0 radical (unpaired) electrons. The van der Waals surface area contributed by atoms with Crippen LogP contribution in [-0.4, -0.2) is 47.9 Å². The number of aromatic nitrogens is 1. The summed E-state index contributed by atoms with van der Waals surface area (Å²) >= 11 is 1.67. The van der Waals surface area contributed by atoms with Crippen LogP contribution < -0.4 is 10.2 Å². The second kappa shape index (κ2) is 8.57. The zero-order valence-corrected chi connectivity index (χ0v) is 18.3. The van der Waals surface area contributed by atoms with Gasteiger partial charge in [0.2, 0.25) is 11.8 Å². The number of hydrogen-bond acceptors (Lipinski definition) is 5. The minimum absolute atomic E-state index is 0.0608. The van der Waals surface area contributed by atoms with Crippen LogP contribution in [-0.2, 0) is 22.4 Å². The van der Waals surface area contributed by atoms with E-state index in [1.165, 1.54) is 23.4 Å². The van der Waals surface area contributed by atoms with E-state index in [2.05, 4.69) is 10.2 Å². The standard InChI is InChI=1S/C23H27FN4O2S/c24-17-5-2-6-18(14-17)25-21(29)16-7-8-19-20(13-16)31-23(26-19)28-11-9-27(10-12-28)22(30)15-3-1-4-15/h2,5-6,14-16H,1,3-4,7-13H2,(H,25,29)/t16-/m1/s1. The Bertz CT molecular complexity index is 982. The van der Waals surface area contributed by atoms with Crippen molar-refractivity contribution in [3.8, 4) is 0 Å². The first kappa shape index (κ1) is 20.4. The van der Waals surface area contributed by atoms with Crippen LogP contribution in [0.5, 0.6) is 0 Å². The third-order valence-corrected chi connectivity index (χ3v) is 7.89. The van der Waals surface area contributed by atoms with Gasteiger partial charge in [-0.1, -0.05) is 12.5 Å². The smallest absolute Gasteiger partial charge is 0.227 e. The number of carbonyl (C=O) groups excluding carboxylic acids is 2. The van der Waals surface area contributed by atoms with Crippen LogP contribution in [0.3, 0.4) is 0 Å². The summed E-state index contributed by atoms with van der Waals surface area (Å²) in [5, 5.41) is 3.85. The molecule has 1 N–H and O–H groups in total. The quantitative estimate of drug-likeness (QED) is 0.788. The maximum atomic E-state index is 13.4. The van der Waals surface area contributed by atoms with E-state index in [-0.39, 0.29) is 23.6 Å². The van der Waals surface area contributed by atoms with Crippen molar-refractivity contribution in [2.45, 2.75) is 38.5 Å². The first-order valence-electron chi connectivity index (χ1n) is 11.2. The number of nitrogens with one attached hydrogen (secondary N) is 1. The van der Waals surface area contributed by atoms with Crippen molar-refractivity contribution in [1.82, 2.24) is 9.88 Å². The van der Waals surface area contributed by atoms with E-state index >= 15 is 0 Å². The van der Waals surface area contributed by atoms with Gasteiger partial charge in [0.25, 0.3) is 0 Å².